The van der Waals surface area contributed by atoms with Gasteiger partial charge in [0.1, 0.15) is 17.3 Å². The van der Waals surface area contributed by atoms with E-state index in [-0.39, 0.29) is 24.7 Å². The van der Waals surface area contributed by atoms with Crippen LogP contribution in [0.5, 0.6) is 5.75 Å². The summed E-state index contributed by atoms with van der Waals surface area (Å²) in [4.78, 5) is 13.1. The molecule has 0 radical (unpaired) electrons. The van der Waals surface area contributed by atoms with E-state index in [0.717, 1.165) is 33.3 Å². The molecule has 0 saturated heterocycles. The SMILES string of the molecule is COc1ccc(Cn2cc([C@H](CC(=O)NCc3ccco3)c3cc(C)ccc3F)c3ccccc32)cc1. The van der Waals surface area contributed by atoms with Gasteiger partial charge in [-0.1, -0.05) is 48.0 Å². The van der Waals surface area contributed by atoms with Crippen molar-refractivity contribution in [1.82, 2.24) is 9.88 Å². The lowest BCUT2D eigenvalue weighted by Crippen LogP contribution is -2.25. The second kappa shape index (κ2) is 10.7. The van der Waals surface area contributed by atoms with Crippen LogP contribution in [0.1, 0.15) is 40.4 Å². The quantitative estimate of drug-likeness (QED) is 0.251. The Morgan fingerprint density at radius 3 is 2.59 bits per heavy atom. The molecule has 1 amide bonds. The molecule has 0 fully saturated rings. The molecule has 5 aromatic rings. The molecule has 0 aliphatic carbocycles. The van der Waals surface area contributed by atoms with Crippen LogP contribution in [-0.2, 0) is 17.9 Å². The normalized spacial score (nSPS) is 12.0. The average molecular weight is 497 g/mol. The summed E-state index contributed by atoms with van der Waals surface area (Å²) >= 11 is 0. The van der Waals surface area contributed by atoms with Crippen LogP contribution in [0.2, 0.25) is 0 Å². The van der Waals surface area contributed by atoms with E-state index in [2.05, 4.69) is 22.1 Å². The van der Waals surface area contributed by atoms with Gasteiger partial charge in [-0.3, -0.25) is 4.79 Å². The third-order valence-corrected chi connectivity index (χ3v) is 6.66. The Hall–Kier alpha value is -4.32. The zero-order valence-electron chi connectivity index (χ0n) is 20.9. The molecule has 0 unspecified atom stereocenters. The smallest absolute Gasteiger partial charge is 0.221 e. The zero-order valence-corrected chi connectivity index (χ0v) is 20.9. The number of methoxy groups -OCH3 is 1. The van der Waals surface area contributed by atoms with E-state index < -0.39 is 5.92 Å². The average Bonchev–Trinajstić information content (AvgIpc) is 3.57. The molecular weight excluding hydrogens is 467 g/mol. The largest absolute Gasteiger partial charge is 0.497 e. The number of rotatable bonds is 9. The van der Waals surface area contributed by atoms with Crippen molar-refractivity contribution in [3.05, 3.63) is 125 Å². The van der Waals surface area contributed by atoms with Gasteiger partial charge in [-0.25, -0.2) is 4.39 Å². The van der Waals surface area contributed by atoms with Crippen LogP contribution in [0.15, 0.2) is 95.7 Å². The Morgan fingerprint density at radius 2 is 1.84 bits per heavy atom. The number of nitrogens with zero attached hydrogens (tertiary/aromatic N) is 1. The molecule has 2 aromatic heterocycles. The predicted molar refractivity (Wildman–Crippen MR) is 142 cm³/mol. The number of fused-ring (bicyclic) bond motifs is 1. The Bertz CT molecular complexity index is 1500. The molecule has 0 aliphatic rings. The predicted octanol–water partition coefficient (Wildman–Crippen LogP) is 6.58. The minimum Gasteiger partial charge on any atom is -0.497 e. The molecule has 3 aromatic carbocycles. The molecular formula is C31H29FN2O3. The summed E-state index contributed by atoms with van der Waals surface area (Å²) < 4.78 is 28.0. The van der Waals surface area contributed by atoms with Gasteiger partial charge in [-0.05, 0) is 60.0 Å². The van der Waals surface area contributed by atoms with E-state index in [1.807, 2.05) is 61.5 Å². The lowest BCUT2D eigenvalue weighted by molar-refractivity contribution is -0.121. The first-order valence-corrected chi connectivity index (χ1v) is 12.3. The van der Waals surface area contributed by atoms with Crippen molar-refractivity contribution in [2.45, 2.75) is 32.4 Å². The first-order valence-electron chi connectivity index (χ1n) is 12.3. The third-order valence-electron chi connectivity index (χ3n) is 6.66. The van der Waals surface area contributed by atoms with Crippen LogP contribution in [0.25, 0.3) is 10.9 Å². The van der Waals surface area contributed by atoms with E-state index in [1.165, 1.54) is 6.07 Å². The number of benzene rings is 3. The van der Waals surface area contributed by atoms with Gasteiger partial charge >= 0.3 is 0 Å². The fourth-order valence-electron chi connectivity index (χ4n) is 4.79. The van der Waals surface area contributed by atoms with E-state index in [0.29, 0.717) is 17.9 Å². The number of furan rings is 1. The van der Waals surface area contributed by atoms with Crippen molar-refractivity contribution in [3.63, 3.8) is 0 Å². The van der Waals surface area contributed by atoms with Gasteiger partial charge in [-0.15, -0.1) is 0 Å². The van der Waals surface area contributed by atoms with Crippen LogP contribution in [0.4, 0.5) is 4.39 Å². The van der Waals surface area contributed by atoms with Crippen molar-refractivity contribution >= 4 is 16.8 Å². The summed E-state index contributed by atoms with van der Waals surface area (Å²) in [7, 11) is 1.65. The van der Waals surface area contributed by atoms with Crippen LogP contribution < -0.4 is 10.1 Å². The molecule has 5 nitrogen and oxygen atoms in total. The van der Waals surface area contributed by atoms with Gasteiger partial charge in [0.05, 0.1) is 19.9 Å². The molecule has 0 saturated carbocycles. The molecule has 5 rings (SSSR count). The Kier molecular flexibility index (Phi) is 7.08. The van der Waals surface area contributed by atoms with E-state index in [9.17, 15) is 4.79 Å². The summed E-state index contributed by atoms with van der Waals surface area (Å²) in [6.45, 7) is 2.86. The summed E-state index contributed by atoms with van der Waals surface area (Å²) in [5.74, 6) is 0.523. The van der Waals surface area contributed by atoms with E-state index in [4.69, 9.17) is 9.15 Å². The number of para-hydroxylation sites is 1. The molecule has 188 valence electrons. The minimum absolute atomic E-state index is 0.109. The van der Waals surface area contributed by atoms with Gasteiger partial charge in [0.15, 0.2) is 0 Å². The van der Waals surface area contributed by atoms with Crippen LogP contribution in [0.3, 0.4) is 0 Å². The topological polar surface area (TPSA) is 56.4 Å². The second-order valence-electron chi connectivity index (χ2n) is 9.22. The number of aryl methyl sites for hydroxylation is 1. The van der Waals surface area contributed by atoms with Crippen molar-refractivity contribution in [2.75, 3.05) is 7.11 Å². The highest BCUT2D eigenvalue weighted by Crippen LogP contribution is 2.36. The van der Waals surface area contributed by atoms with Crippen LogP contribution in [0, 0.1) is 12.7 Å². The number of ether oxygens (including phenoxy) is 1. The van der Waals surface area contributed by atoms with Crippen molar-refractivity contribution in [1.29, 1.82) is 0 Å². The number of carbonyl (C=O) groups excluding carboxylic acids is 1. The fourth-order valence-corrected chi connectivity index (χ4v) is 4.79. The Balaban J connectivity index is 1.53. The first-order chi connectivity index (χ1) is 18.0. The molecule has 37 heavy (non-hydrogen) atoms. The molecule has 0 bridgehead atoms. The number of amides is 1. The number of halogens is 1. The fraction of sp³-hybridized carbons (Fsp3) is 0.194. The molecule has 6 heteroatoms. The molecule has 1 atom stereocenters. The maximum atomic E-state index is 15.2. The van der Waals surface area contributed by atoms with Crippen molar-refractivity contribution in [3.8, 4) is 5.75 Å². The third kappa shape index (κ3) is 5.43. The number of hydrogen-bond donors (Lipinski definition) is 1. The van der Waals surface area contributed by atoms with Crippen LogP contribution >= 0.6 is 0 Å². The molecule has 1 N–H and O–H groups in total. The lowest BCUT2D eigenvalue weighted by Gasteiger charge is -2.18. The van der Waals surface area contributed by atoms with E-state index >= 15 is 4.39 Å². The van der Waals surface area contributed by atoms with Crippen molar-refractivity contribution < 1.29 is 18.3 Å². The summed E-state index contributed by atoms with van der Waals surface area (Å²) in [6.07, 6.45) is 3.74. The zero-order chi connectivity index (χ0) is 25.8. The summed E-state index contributed by atoms with van der Waals surface area (Å²) in [5.41, 5.74) is 4.52. The monoisotopic (exact) mass is 496 g/mol. The number of hydrogen-bond acceptors (Lipinski definition) is 3. The maximum absolute atomic E-state index is 15.2. The summed E-state index contributed by atoms with van der Waals surface area (Å²) in [5, 5.41) is 3.92. The standard InChI is InChI=1S/C31H29FN2O3/c1-21-9-14-29(32)27(16-21)26(17-31(35)33-18-24-6-5-15-37-24)28-20-34(30-8-4-3-7-25(28)30)19-22-10-12-23(36-2)13-11-22/h3-16,20,26H,17-19H2,1-2H3,(H,33,35)/t26-/m1/s1. The number of carbonyl (C=O) groups is 1. The highest BCUT2D eigenvalue weighted by molar-refractivity contribution is 5.87. The minimum atomic E-state index is -0.460. The maximum Gasteiger partial charge on any atom is 0.221 e. The first kappa shape index (κ1) is 24.4. The Labute approximate surface area is 215 Å². The molecule has 2 heterocycles. The number of aromatic nitrogens is 1. The second-order valence-corrected chi connectivity index (χ2v) is 9.22. The van der Waals surface area contributed by atoms with E-state index in [1.54, 1.807) is 25.5 Å². The highest BCUT2D eigenvalue weighted by Gasteiger charge is 2.25. The van der Waals surface area contributed by atoms with Crippen LogP contribution in [-0.4, -0.2) is 17.6 Å². The highest BCUT2D eigenvalue weighted by atomic mass is 19.1. The van der Waals surface area contributed by atoms with Crippen molar-refractivity contribution in [2.24, 2.45) is 0 Å². The molecule has 0 spiro atoms. The Morgan fingerprint density at radius 1 is 1.03 bits per heavy atom. The molecule has 0 aliphatic heterocycles. The van der Waals surface area contributed by atoms with Gasteiger partial charge in [0.25, 0.3) is 0 Å². The number of nitrogens with one attached hydrogen (secondary N) is 1. The van der Waals surface area contributed by atoms with Gasteiger partial charge < -0.3 is 19.0 Å². The lowest BCUT2D eigenvalue weighted by atomic mass is 9.87. The summed E-state index contributed by atoms with van der Waals surface area (Å²) in [6, 6.07) is 24.7. The van der Waals surface area contributed by atoms with Gasteiger partial charge in [0, 0.05) is 36.0 Å². The van der Waals surface area contributed by atoms with Gasteiger partial charge in [0.2, 0.25) is 5.91 Å². The van der Waals surface area contributed by atoms with Gasteiger partial charge in [-0.2, -0.15) is 0 Å².